The van der Waals surface area contributed by atoms with E-state index in [2.05, 4.69) is 38.1 Å². The van der Waals surface area contributed by atoms with E-state index in [0.29, 0.717) is 31.7 Å². The number of carboxylic acid groups (broad SMARTS) is 1. The molecule has 1 saturated heterocycles. The maximum atomic E-state index is 12.2. The van der Waals surface area contributed by atoms with Crippen LogP contribution in [0, 0.1) is 0 Å². The van der Waals surface area contributed by atoms with Crippen molar-refractivity contribution < 1.29 is 14.7 Å². The van der Waals surface area contributed by atoms with Gasteiger partial charge in [-0.1, -0.05) is 38.1 Å². The first-order valence-corrected chi connectivity index (χ1v) is 7.60. The summed E-state index contributed by atoms with van der Waals surface area (Å²) in [6, 6.07) is 7.68. The van der Waals surface area contributed by atoms with Crippen molar-refractivity contribution in [3.05, 3.63) is 35.4 Å². The number of rotatable bonds is 5. The molecule has 21 heavy (non-hydrogen) atoms. The summed E-state index contributed by atoms with van der Waals surface area (Å²) in [5, 5.41) is 9.11. The van der Waals surface area contributed by atoms with Crippen LogP contribution in [-0.2, 0) is 16.0 Å². The number of carboxylic acids is 1. The predicted molar refractivity (Wildman–Crippen MR) is 81.2 cm³/mol. The molecule has 0 unspecified atom stereocenters. The van der Waals surface area contributed by atoms with Crippen molar-refractivity contribution in [2.24, 2.45) is 0 Å². The SMILES string of the molecule is CC(C)c1ccc(CCC(=O)N2CCC[C@H]2C(=O)O)cc1. The van der Waals surface area contributed by atoms with Gasteiger partial charge in [-0.15, -0.1) is 0 Å². The molecule has 1 atom stereocenters. The molecule has 0 radical (unpaired) electrons. The van der Waals surface area contributed by atoms with Crippen molar-refractivity contribution in [1.29, 1.82) is 0 Å². The van der Waals surface area contributed by atoms with Crippen molar-refractivity contribution in [3.8, 4) is 0 Å². The predicted octanol–water partition coefficient (Wildman–Crippen LogP) is 2.82. The molecule has 0 bridgehead atoms. The van der Waals surface area contributed by atoms with Crippen molar-refractivity contribution in [2.75, 3.05) is 6.54 Å². The maximum Gasteiger partial charge on any atom is 0.326 e. The molecule has 0 saturated carbocycles. The highest BCUT2D eigenvalue weighted by molar-refractivity contribution is 5.84. The van der Waals surface area contributed by atoms with Gasteiger partial charge in [-0.25, -0.2) is 4.79 Å². The summed E-state index contributed by atoms with van der Waals surface area (Å²) >= 11 is 0. The first-order chi connectivity index (χ1) is 9.99. The van der Waals surface area contributed by atoms with Crippen molar-refractivity contribution in [2.45, 2.75) is 51.5 Å². The summed E-state index contributed by atoms with van der Waals surface area (Å²) in [6.07, 6.45) is 2.40. The first kappa shape index (κ1) is 15.5. The molecule has 1 aromatic rings. The Hall–Kier alpha value is -1.84. The number of likely N-dealkylation sites (tertiary alicyclic amines) is 1. The molecule has 1 amide bonds. The molecule has 1 aliphatic rings. The highest BCUT2D eigenvalue weighted by Gasteiger charge is 2.33. The normalized spacial score (nSPS) is 18.2. The number of carbonyl (C=O) groups is 2. The summed E-state index contributed by atoms with van der Waals surface area (Å²) in [7, 11) is 0. The number of amides is 1. The quantitative estimate of drug-likeness (QED) is 0.906. The van der Waals surface area contributed by atoms with Crippen LogP contribution in [-0.4, -0.2) is 34.5 Å². The Morgan fingerprint density at radius 3 is 2.52 bits per heavy atom. The van der Waals surface area contributed by atoms with E-state index in [4.69, 9.17) is 5.11 Å². The third-order valence-corrected chi connectivity index (χ3v) is 4.13. The van der Waals surface area contributed by atoms with E-state index in [0.717, 1.165) is 12.0 Å². The van der Waals surface area contributed by atoms with E-state index in [1.807, 2.05) is 0 Å². The van der Waals surface area contributed by atoms with E-state index in [-0.39, 0.29) is 5.91 Å². The van der Waals surface area contributed by atoms with E-state index in [1.165, 1.54) is 10.5 Å². The van der Waals surface area contributed by atoms with Crippen LogP contribution < -0.4 is 0 Å². The Morgan fingerprint density at radius 2 is 1.95 bits per heavy atom. The van der Waals surface area contributed by atoms with Gasteiger partial charge in [-0.2, -0.15) is 0 Å². The van der Waals surface area contributed by atoms with Gasteiger partial charge in [0.15, 0.2) is 0 Å². The highest BCUT2D eigenvalue weighted by Crippen LogP contribution is 2.20. The Kier molecular flexibility index (Phi) is 4.99. The standard InChI is InChI=1S/C17H23NO3/c1-12(2)14-8-5-13(6-9-14)7-10-16(19)18-11-3-4-15(18)17(20)21/h5-6,8-9,12,15H,3-4,7,10-11H2,1-2H3,(H,20,21)/t15-/m0/s1. The fourth-order valence-corrected chi connectivity index (χ4v) is 2.79. The minimum atomic E-state index is -0.887. The molecule has 4 heteroatoms. The largest absolute Gasteiger partial charge is 0.480 e. The minimum absolute atomic E-state index is 0.0483. The topological polar surface area (TPSA) is 57.6 Å². The third kappa shape index (κ3) is 3.84. The molecule has 4 nitrogen and oxygen atoms in total. The average molecular weight is 289 g/mol. The fourth-order valence-electron chi connectivity index (χ4n) is 2.79. The zero-order chi connectivity index (χ0) is 15.4. The molecule has 1 heterocycles. The van der Waals surface area contributed by atoms with E-state index < -0.39 is 12.0 Å². The van der Waals surface area contributed by atoms with Gasteiger partial charge in [0, 0.05) is 13.0 Å². The Balaban J connectivity index is 1.90. The molecule has 2 rings (SSSR count). The molecule has 1 fully saturated rings. The van der Waals surface area contributed by atoms with Gasteiger partial charge in [0.05, 0.1) is 0 Å². The summed E-state index contributed by atoms with van der Waals surface area (Å²) < 4.78 is 0. The van der Waals surface area contributed by atoms with E-state index in [1.54, 1.807) is 0 Å². The monoisotopic (exact) mass is 289 g/mol. The molecule has 0 aliphatic carbocycles. The summed E-state index contributed by atoms with van der Waals surface area (Å²) in [6.45, 7) is 4.87. The number of nitrogens with zero attached hydrogens (tertiary/aromatic N) is 1. The zero-order valence-electron chi connectivity index (χ0n) is 12.7. The number of benzene rings is 1. The summed E-state index contributed by atoms with van der Waals surface area (Å²) in [4.78, 5) is 24.8. The molecular weight excluding hydrogens is 266 g/mol. The molecule has 1 aromatic carbocycles. The van der Waals surface area contributed by atoms with Gasteiger partial charge >= 0.3 is 5.97 Å². The second kappa shape index (κ2) is 6.74. The highest BCUT2D eigenvalue weighted by atomic mass is 16.4. The van der Waals surface area contributed by atoms with Crippen LogP contribution >= 0.6 is 0 Å². The minimum Gasteiger partial charge on any atom is -0.480 e. The number of aryl methyl sites for hydroxylation is 1. The second-order valence-electron chi connectivity index (χ2n) is 5.98. The lowest BCUT2D eigenvalue weighted by Crippen LogP contribution is -2.40. The van der Waals surface area contributed by atoms with Crippen LogP contribution in [0.1, 0.15) is 50.2 Å². The molecule has 1 aliphatic heterocycles. The average Bonchev–Trinajstić information content (AvgIpc) is 2.95. The van der Waals surface area contributed by atoms with Crippen molar-refractivity contribution in [3.63, 3.8) is 0 Å². The van der Waals surface area contributed by atoms with E-state index >= 15 is 0 Å². The van der Waals surface area contributed by atoms with Gasteiger partial charge < -0.3 is 10.0 Å². The van der Waals surface area contributed by atoms with Crippen LogP contribution in [0.5, 0.6) is 0 Å². The lowest BCUT2D eigenvalue weighted by Gasteiger charge is -2.21. The van der Waals surface area contributed by atoms with Gasteiger partial charge in [-0.3, -0.25) is 4.79 Å². The van der Waals surface area contributed by atoms with Gasteiger partial charge in [0.25, 0.3) is 0 Å². The number of carbonyl (C=O) groups excluding carboxylic acids is 1. The van der Waals surface area contributed by atoms with Crippen LogP contribution in [0.2, 0.25) is 0 Å². The molecule has 0 aromatic heterocycles. The number of hydrogen-bond acceptors (Lipinski definition) is 2. The van der Waals surface area contributed by atoms with Crippen LogP contribution in [0.15, 0.2) is 24.3 Å². The van der Waals surface area contributed by atoms with E-state index in [9.17, 15) is 9.59 Å². The number of aliphatic carboxylic acids is 1. The van der Waals surface area contributed by atoms with Gasteiger partial charge in [-0.05, 0) is 36.3 Å². The molecular formula is C17H23NO3. The summed E-state index contributed by atoms with van der Waals surface area (Å²) in [5.74, 6) is -0.434. The van der Waals surface area contributed by atoms with Crippen molar-refractivity contribution >= 4 is 11.9 Å². The molecule has 0 spiro atoms. The smallest absolute Gasteiger partial charge is 0.326 e. The van der Waals surface area contributed by atoms with Crippen LogP contribution in [0.4, 0.5) is 0 Å². The second-order valence-corrected chi connectivity index (χ2v) is 5.98. The Morgan fingerprint density at radius 1 is 1.29 bits per heavy atom. The summed E-state index contributed by atoms with van der Waals surface area (Å²) in [5.41, 5.74) is 2.41. The number of hydrogen-bond donors (Lipinski definition) is 1. The Labute approximate surface area is 125 Å². The molecule has 114 valence electrons. The van der Waals surface area contributed by atoms with Crippen LogP contribution in [0.3, 0.4) is 0 Å². The zero-order valence-corrected chi connectivity index (χ0v) is 12.7. The fraction of sp³-hybridized carbons (Fsp3) is 0.529. The molecule has 1 N–H and O–H groups in total. The lowest BCUT2D eigenvalue weighted by atomic mass is 10.00. The van der Waals surface area contributed by atoms with Gasteiger partial charge in [0.2, 0.25) is 5.91 Å². The first-order valence-electron chi connectivity index (χ1n) is 7.60. The van der Waals surface area contributed by atoms with Crippen LogP contribution in [0.25, 0.3) is 0 Å². The maximum absolute atomic E-state index is 12.2. The van der Waals surface area contributed by atoms with Crippen molar-refractivity contribution in [1.82, 2.24) is 4.90 Å². The Bertz CT molecular complexity index is 507. The third-order valence-electron chi connectivity index (χ3n) is 4.13. The van der Waals surface area contributed by atoms with Gasteiger partial charge in [0.1, 0.15) is 6.04 Å². The lowest BCUT2D eigenvalue weighted by molar-refractivity contribution is -0.148.